The van der Waals surface area contributed by atoms with Gasteiger partial charge in [0, 0.05) is 2.85 Å². The van der Waals surface area contributed by atoms with Crippen molar-refractivity contribution in [2.24, 2.45) is 23.7 Å². The van der Waals surface area contributed by atoms with Gasteiger partial charge in [0.2, 0.25) is 0 Å². The summed E-state index contributed by atoms with van der Waals surface area (Å²) in [6.07, 6.45) is 18.2. The smallest absolute Gasteiger partial charge is 0 e. The van der Waals surface area contributed by atoms with E-state index in [0.717, 1.165) is 23.7 Å². The number of hydrogen-bond acceptors (Lipinski definition) is 0. The lowest BCUT2D eigenvalue weighted by Gasteiger charge is -2.32. The van der Waals surface area contributed by atoms with Crippen LogP contribution in [0.25, 0.3) is 0 Å². The Bertz CT molecular complexity index is 242. The summed E-state index contributed by atoms with van der Waals surface area (Å²) in [6, 6.07) is 0. The van der Waals surface area contributed by atoms with Crippen LogP contribution in [0.5, 0.6) is 0 Å². The number of allylic oxidation sites excluding steroid dienone is 2. The molecule has 0 nitrogen and oxygen atoms in total. The Morgan fingerprint density at radius 3 is 2.18 bits per heavy atom. The molecule has 0 heteroatoms. The Labute approximate surface area is 111 Å². The summed E-state index contributed by atoms with van der Waals surface area (Å²) in [5.74, 6) is 4.05. The first-order valence-electron chi connectivity index (χ1n) is 7.92. The van der Waals surface area contributed by atoms with Gasteiger partial charge >= 0.3 is 0 Å². The maximum absolute atomic E-state index is 2.45. The van der Waals surface area contributed by atoms with Gasteiger partial charge in [-0.05, 0) is 62.7 Å². The van der Waals surface area contributed by atoms with Crippen molar-refractivity contribution in [1.82, 2.24) is 0 Å². The highest BCUT2D eigenvalue weighted by Gasteiger charge is 2.27. The molecule has 0 N–H and O–H groups in total. The summed E-state index contributed by atoms with van der Waals surface area (Å²) in [5, 5.41) is 0. The third-order valence-corrected chi connectivity index (χ3v) is 5.25. The third kappa shape index (κ3) is 3.86. The molecule has 2 aliphatic carbocycles. The fourth-order valence-corrected chi connectivity index (χ4v) is 4.07. The Hall–Kier alpha value is -0.260. The summed E-state index contributed by atoms with van der Waals surface area (Å²) in [5.41, 5.74) is 0. The molecule has 0 aliphatic heterocycles. The van der Waals surface area contributed by atoms with Gasteiger partial charge < -0.3 is 0 Å². The molecule has 2 saturated carbocycles. The Kier molecular flexibility index (Phi) is 5.13. The molecular weight excluding hydrogens is 204 g/mol. The van der Waals surface area contributed by atoms with Gasteiger partial charge in [-0.1, -0.05) is 44.8 Å². The SMILES string of the molecule is C/C=C/C1CCC(C2CCCC(C)CC2)CC1.[HH].[HH]. The largest absolute Gasteiger partial charge is 0.0914 e. The molecule has 17 heavy (non-hydrogen) atoms. The van der Waals surface area contributed by atoms with Gasteiger partial charge in [0.15, 0.2) is 0 Å². The topological polar surface area (TPSA) is 0 Å². The zero-order valence-electron chi connectivity index (χ0n) is 11.8. The van der Waals surface area contributed by atoms with Gasteiger partial charge in [-0.25, -0.2) is 0 Å². The van der Waals surface area contributed by atoms with Crippen molar-refractivity contribution < 1.29 is 2.85 Å². The lowest BCUT2D eigenvalue weighted by atomic mass is 9.73. The van der Waals surface area contributed by atoms with E-state index in [2.05, 4.69) is 26.0 Å². The van der Waals surface area contributed by atoms with Gasteiger partial charge in [-0.2, -0.15) is 0 Å². The number of rotatable bonds is 2. The summed E-state index contributed by atoms with van der Waals surface area (Å²) >= 11 is 0. The average Bonchev–Trinajstić information content (AvgIpc) is 2.56. The molecule has 0 aromatic rings. The van der Waals surface area contributed by atoms with Crippen LogP contribution < -0.4 is 0 Å². The van der Waals surface area contributed by atoms with E-state index in [9.17, 15) is 0 Å². The molecule has 2 unspecified atom stereocenters. The van der Waals surface area contributed by atoms with E-state index in [1.54, 1.807) is 0 Å². The van der Waals surface area contributed by atoms with E-state index in [0.29, 0.717) is 0 Å². The fourth-order valence-electron chi connectivity index (χ4n) is 4.07. The lowest BCUT2D eigenvalue weighted by molar-refractivity contribution is 0.204. The van der Waals surface area contributed by atoms with E-state index in [4.69, 9.17) is 0 Å². The minimum Gasteiger partial charge on any atom is -0.0914 e. The van der Waals surface area contributed by atoms with Crippen molar-refractivity contribution in [3.63, 3.8) is 0 Å². The lowest BCUT2D eigenvalue weighted by Crippen LogP contribution is -2.21. The molecule has 0 saturated heterocycles. The maximum atomic E-state index is 2.45. The van der Waals surface area contributed by atoms with Crippen LogP contribution in [0.15, 0.2) is 12.2 Å². The van der Waals surface area contributed by atoms with Gasteiger partial charge in [0.05, 0.1) is 0 Å². The van der Waals surface area contributed by atoms with Crippen LogP contribution >= 0.6 is 0 Å². The molecule has 2 atom stereocenters. The highest BCUT2D eigenvalue weighted by Crippen LogP contribution is 2.40. The monoisotopic (exact) mass is 238 g/mol. The first-order valence-corrected chi connectivity index (χ1v) is 7.92. The van der Waals surface area contributed by atoms with E-state index < -0.39 is 0 Å². The van der Waals surface area contributed by atoms with Crippen molar-refractivity contribution in [3.8, 4) is 0 Å². The predicted octanol–water partition coefficient (Wildman–Crippen LogP) is 6.08. The second kappa shape index (κ2) is 6.61. The zero-order chi connectivity index (χ0) is 12.1. The Balaban J connectivity index is 0.00000162. The Morgan fingerprint density at radius 2 is 1.47 bits per heavy atom. The minimum absolute atomic E-state index is 0. The van der Waals surface area contributed by atoms with Gasteiger partial charge in [-0.15, -0.1) is 0 Å². The van der Waals surface area contributed by atoms with Crippen LogP contribution in [0.3, 0.4) is 0 Å². The molecule has 2 rings (SSSR count). The highest BCUT2D eigenvalue weighted by atomic mass is 14.3. The molecule has 0 bridgehead atoms. The van der Waals surface area contributed by atoms with Gasteiger partial charge in [0.1, 0.15) is 0 Å². The zero-order valence-corrected chi connectivity index (χ0v) is 11.8. The predicted molar refractivity (Wildman–Crippen MR) is 80.2 cm³/mol. The second-order valence-electron chi connectivity index (χ2n) is 6.57. The van der Waals surface area contributed by atoms with Crippen molar-refractivity contribution in [3.05, 3.63) is 12.2 Å². The van der Waals surface area contributed by atoms with Crippen molar-refractivity contribution in [2.75, 3.05) is 0 Å². The first-order chi connectivity index (χ1) is 8.29. The molecule has 0 spiro atoms. The standard InChI is InChI=1S/C17H30.2H2/c1-3-5-15-9-12-17(13-10-15)16-7-4-6-14(2)8-11-16;;/h3,5,14-17H,4,6-13H2,1-2H3;2*1H/b5-3+;;. The molecule has 0 aromatic carbocycles. The molecule has 0 amide bonds. The second-order valence-corrected chi connectivity index (χ2v) is 6.57. The van der Waals surface area contributed by atoms with Crippen LogP contribution in [-0.2, 0) is 0 Å². The molecule has 102 valence electrons. The minimum atomic E-state index is 0. The van der Waals surface area contributed by atoms with Crippen LogP contribution in [0.4, 0.5) is 0 Å². The molecular formula is C17H34. The van der Waals surface area contributed by atoms with Crippen LogP contribution in [0.2, 0.25) is 0 Å². The molecule has 2 aliphatic rings. The summed E-state index contributed by atoms with van der Waals surface area (Å²) in [6.45, 7) is 4.62. The van der Waals surface area contributed by atoms with Crippen LogP contribution in [-0.4, -0.2) is 0 Å². The van der Waals surface area contributed by atoms with Crippen LogP contribution in [0, 0.1) is 23.7 Å². The fraction of sp³-hybridized carbons (Fsp3) is 0.882. The number of hydrogen-bond donors (Lipinski definition) is 0. The van der Waals surface area contributed by atoms with Crippen molar-refractivity contribution in [2.45, 2.75) is 71.6 Å². The molecule has 0 heterocycles. The van der Waals surface area contributed by atoms with Crippen LogP contribution in [0.1, 0.15) is 74.5 Å². The summed E-state index contributed by atoms with van der Waals surface area (Å²) in [4.78, 5) is 0. The first kappa shape index (κ1) is 13.2. The van der Waals surface area contributed by atoms with Crippen molar-refractivity contribution in [1.29, 1.82) is 0 Å². The van der Waals surface area contributed by atoms with Gasteiger partial charge in [-0.3, -0.25) is 0 Å². The van der Waals surface area contributed by atoms with Gasteiger partial charge in [0.25, 0.3) is 0 Å². The molecule has 0 radical (unpaired) electrons. The normalized spacial score (nSPS) is 40.4. The van der Waals surface area contributed by atoms with E-state index in [1.807, 2.05) is 0 Å². The molecule has 2 fully saturated rings. The summed E-state index contributed by atoms with van der Waals surface area (Å²) < 4.78 is 0. The Morgan fingerprint density at radius 1 is 0.824 bits per heavy atom. The molecule has 0 aromatic heterocycles. The average molecular weight is 238 g/mol. The van der Waals surface area contributed by atoms with E-state index in [-0.39, 0.29) is 2.85 Å². The van der Waals surface area contributed by atoms with Crippen molar-refractivity contribution >= 4 is 0 Å². The maximum Gasteiger partial charge on any atom is 0 e. The highest BCUT2D eigenvalue weighted by molar-refractivity contribution is 4.90. The third-order valence-electron chi connectivity index (χ3n) is 5.25. The summed E-state index contributed by atoms with van der Waals surface area (Å²) in [7, 11) is 0. The van der Waals surface area contributed by atoms with E-state index in [1.165, 1.54) is 57.8 Å². The quantitative estimate of drug-likeness (QED) is 0.404. The van der Waals surface area contributed by atoms with E-state index >= 15 is 0 Å².